The molecule has 0 bridgehead atoms. The maximum atomic E-state index is 10.6. The fourth-order valence-electron chi connectivity index (χ4n) is 2.62. The Balaban J connectivity index is 1.85. The van der Waals surface area contributed by atoms with Crippen LogP contribution in [0.4, 0.5) is 0 Å². The molecule has 1 heterocycles. The number of aliphatic carboxylic acids is 1. The first-order valence-electron chi connectivity index (χ1n) is 4.96. The number of carboxylic acid groups (broad SMARTS) is 1. The SMILES string of the molecule is O=NN1CCC2(CC1)CC(C(=O)O)C2. The smallest absolute Gasteiger partial charge is 0.306 e. The zero-order chi connectivity index (χ0) is 10.2. The van der Waals surface area contributed by atoms with Gasteiger partial charge in [-0.25, -0.2) is 0 Å². The highest BCUT2D eigenvalue weighted by Gasteiger charge is 2.48. The predicted molar refractivity (Wildman–Crippen MR) is 49.4 cm³/mol. The number of carbonyl (C=O) groups is 1. The normalized spacial score (nSPS) is 25.9. The summed E-state index contributed by atoms with van der Waals surface area (Å²) in [4.78, 5) is 20.9. The summed E-state index contributed by atoms with van der Waals surface area (Å²) in [7, 11) is 0. The Morgan fingerprint density at radius 3 is 2.36 bits per heavy atom. The van der Waals surface area contributed by atoms with E-state index in [4.69, 9.17) is 5.11 Å². The molecule has 0 radical (unpaired) electrons. The van der Waals surface area contributed by atoms with Gasteiger partial charge in [0.15, 0.2) is 0 Å². The lowest BCUT2D eigenvalue weighted by molar-refractivity contribution is -0.152. The lowest BCUT2D eigenvalue weighted by Gasteiger charge is -2.49. The predicted octanol–water partition coefficient (Wildman–Crippen LogP) is 1.24. The number of piperidine rings is 1. The number of hydrogen-bond acceptors (Lipinski definition) is 3. The number of hydrogen-bond donors (Lipinski definition) is 1. The molecule has 1 spiro atoms. The van der Waals surface area contributed by atoms with Crippen molar-refractivity contribution in [3.63, 3.8) is 0 Å². The van der Waals surface area contributed by atoms with Crippen LogP contribution in [0.5, 0.6) is 0 Å². The monoisotopic (exact) mass is 198 g/mol. The largest absolute Gasteiger partial charge is 0.481 e. The summed E-state index contributed by atoms with van der Waals surface area (Å²) in [5.41, 5.74) is 0.213. The first-order valence-corrected chi connectivity index (χ1v) is 4.96. The van der Waals surface area contributed by atoms with Crippen molar-refractivity contribution in [1.82, 2.24) is 5.01 Å². The van der Waals surface area contributed by atoms with Gasteiger partial charge in [0.05, 0.1) is 11.2 Å². The first-order chi connectivity index (χ1) is 6.65. The van der Waals surface area contributed by atoms with Gasteiger partial charge in [-0.1, -0.05) is 0 Å². The molecule has 2 rings (SSSR count). The topological polar surface area (TPSA) is 70.0 Å². The molecule has 0 aromatic carbocycles. The van der Waals surface area contributed by atoms with Crippen molar-refractivity contribution in [3.05, 3.63) is 4.91 Å². The van der Waals surface area contributed by atoms with Gasteiger partial charge in [-0.2, -0.15) is 0 Å². The summed E-state index contributed by atoms with van der Waals surface area (Å²) in [6.45, 7) is 1.38. The molecule has 2 fully saturated rings. The molecule has 1 aliphatic carbocycles. The van der Waals surface area contributed by atoms with Crippen LogP contribution in [0.3, 0.4) is 0 Å². The lowest BCUT2D eigenvalue weighted by Crippen LogP contribution is -2.47. The van der Waals surface area contributed by atoms with E-state index < -0.39 is 5.97 Å². The van der Waals surface area contributed by atoms with E-state index in [1.165, 1.54) is 5.01 Å². The van der Waals surface area contributed by atoms with Gasteiger partial charge < -0.3 is 5.11 Å². The minimum absolute atomic E-state index is 0.147. The summed E-state index contributed by atoms with van der Waals surface area (Å²) >= 11 is 0. The molecule has 0 amide bonds. The van der Waals surface area contributed by atoms with Crippen LogP contribution in [0.2, 0.25) is 0 Å². The number of nitrogens with zero attached hydrogens (tertiary/aromatic N) is 2. The van der Waals surface area contributed by atoms with E-state index >= 15 is 0 Å². The van der Waals surface area contributed by atoms with Crippen molar-refractivity contribution in [2.45, 2.75) is 25.7 Å². The molecule has 0 aromatic rings. The van der Waals surface area contributed by atoms with Crippen molar-refractivity contribution in [2.24, 2.45) is 16.6 Å². The molecule has 1 N–H and O–H groups in total. The standard InChI is InChI=1S/C9H14N2O3/c12-8(13)7-5-9(6-7)1-3-11(10-14)4-2-9/h7H,1-6H2,(H,12,13). The second kappa shape index (κ2) is 3.22. The quantitative estimate of drug-likeness (QED) is 0.678. The second-order valence-corrected chi connectivity index (χ2v) is 4.48. The number of rotatable bonds is 2. The molecule has 5 nitrogen and oxygen atoms in total. The fraction of sp³-hybridized carbons (Fsp3) is 0.889. The van der Waals surface area contributed by atoms with Crippen molar-refractivity contribution < 1.29 is 9.90 Å². The van der Waals surface area contributed by atoms with Crippen LogP contribution >= 0.6 is 0 Å². The van der Waals surface area contributed by atoms with E-state index in [1.807, 2.05) is 0 Å². The molecular weight excluding hydrogens is 184 g/mol. The first kappa shape index (κ1) is 9.43. The Morgan fingerprint density at radius 2 is 1.93 bits per heavy atom. The average Bonchev–Trinajstić information content (AvgIpc) is 2.14. The molecule has 2 aliphatic rings. The third-order valence-corrected chi connectivity index (χ3v) is 3.62. The summed E-state index contributed by atoms with van der Waals surface area (Å²) in [6.07, 6.45) is 3.41. The number of carboxylic acids is 1. The summed E-state index contributed by atoms with van der Waals surface area (Å²) in [5.74, 6) is -0.822. The van der Waals surface area contributed by atoms with Crippen LogP contribution in [0.25, 0.3) is 0 Å². The zero-order valence-electron chi connectivity index (χ0n) is 7.98. The Bertz CT molecular complexity index is 251. The maximum Gasteiger partial charge on any atom is 0.306 e. The molecule has 0 atom stereocenters. The second-order valence-electron chi connectivity index (χ2n) is 4.48. The minimum atomic E-state index is -0.674. The van der Waals surface area contributed by atoms with Crippen molar-refractivity contribution >= 4 is 5.97 Å². The summed E-state index contributed by atoms with van der Waals surface area (Å²) in [5, 5.41) is 13.2. The van der Waals surface area contributed by atoms with Gasteiger partial charge in [0, 0.05) is 13.1 Å². The van der Waals surface area contributed by atoms with E-state index in [1.54, 1.807) is 0 Å². The highest BCUT2D eigenvalue weighted by atomic mass is 16.4. The fourth-order valence-corrected chi connectivity index (χ4v) is 2.62. The van der Waals surface area contributed by atoms with Crippen molar-refractivity contribution in [3.8, 4) is 0 Å². The van der Waals surface area contributed by atoms with Gasteiger partial charge in [0.25, 0.3) is 0 Å². The Labute approximate surface area is 82.0 Å². The average molecular weight is 198 g/mol. The Hall–Kier alpha value is -1.13. The van der Waals surface area contributed by atoms with E-state index in [0.717, 1.165) is 25.7 Å². The van der Waals surface area contributed by atoms with Crippen LogP contribution in [0.1, 0.15) is 25.7 Å². The van der Waals surface area contributed by atoms with E-state index in [0.29, 0.717) is 13.1 Å². The molecule has 78 valence electrons. The third-order valence-electron chi connectivity index (χ3n) is 3.62. The molecule has 1 aliphatic heterocycles. The molecule has 5 heteroatoms. The van der Waals surface area contributed by atoms with Crippen LogP contribution < -0.4 is 0 Å². The van der Waals surface area contributed by atoms with E-state index in [-0.39, 0.29) is 11.3 Å². The molecule has 14 heavy (non-hydrogen) atoms. The number of nitroso groups, excluding NO2 is 1. The summed E-state index contributed by atoms with van der Waals surface area (Å²) in [6, 6.07) is 0. The van der Waals surface area contributed by atoms with Crippen LogP contribution in [-0.4, -0.2) is 29.2 Å². The highest BCUT2D eigenvalue weighted by Crippen LogP contribution is 2.52. The van der Waals surface area contributed by atoms with Crippen LogP contribution in [0, 0.1) is 16.2 Å². The Morgan fingerprint density at radius 1 is 1.36 bits per heavy atom. The van der Waals surface area contributed by atoms with Crippen molar-refractivity contribution in [2.75, 3.05) is 13.1 Å². The molecule has 0 unspecified atom stereocenters. The van der Waals surface area contributed by atoms with Crippen molar-refractivity contribution in [1.29, 1.82) is 0 Å². The van der Waals surface area contributed by atoms with E-state index in [2.05, 4.69) is 5.29 Å². The lowest BCUT2D eigenvalue weighted by atomic mass is 9.58. The summed E-state index contributed by atoms with van der Waals surface area (Å²) < 4.78 is 0. The minimum Gasteiger partial charge on any atom is -0.481 e. The zero-order valence-corrected chi connectivity index (χ0v) is 7.98. The van der Waals surface area contributed by atoms with Gasteiger partial charge in [-0.3, -0.25) is 9.80 Å². The van der Waals surface area contributed by atoms with Crippen LogP contribution in [0.15, 0.2) is 5.29 Å². The highest BCUT2D eigenvalue weighted by molar-refractivity contribution is 5.71. The third kappa shape index (κ3) is 1.47. The maximum absolute atomic E-state index is 10.6. The van der Waals surface area contributed by atoms with Gasteiger partial charge in [0.2, 0.25) is 0 Å². The molecular formula is C9H14N2O3. The molecule has 0 aromatic heterocycles. The van der Waals surface area contributed by atoms with Gasteiger partial charge in [0.1, 0.15) is 0 Å². The van der Waals surface area contributed by atoms with E-state index in [9.17, 15) is 9.70 Å². The van der Waals surface area contributed by atoms with Gasteiger partial charge in [-0.05, 0) is 31.1 Å². The van der Waals surface area contributed by atoms with Gasteiger partial charge >= 0.3 is 5.97 Å². The molecule has 1 saturated heterocycles. The van der Waals surface area contributed by atoms with Crippen LogP contribution in [-0.2, 0) is 4.79 Å². The molecule has 1 saturated carbocycles. The Kier molecular flexibility index (Phi) is 2.17. The van der Waals surface area contributed by atoms with Gasteiger partial charge in [-0.15, -0.1) is 4.91 Å².